The predicted octanol–water partition coefficient (Wildman–Crippen LogP) is 2.90. The van der Waals surface area contributed by atoms with E-state index in [4.69, 9.17) is 0 Å². The van der Waals surface area contributed by atoms with Crippen molar-refractivity contribution in [3.05, 3.63) is 59.7 Å². The zero-order valence-electron chi connectivity index (χ0n) is 13.6. The molecule has 124 valence electrons. The van der Waals surface area contributed by atoms with Crippen molar-refractivity contribution in [2.24, 2.45) is 5.92 Å². The van der Waals surface area contributed by atoms with Crippen molar-refractivity contribution < 1.29 is 9.59 Å². The molecule has 1 fully saturated rings. The van der Waals surface area contributed by atoms with E-state index >= 15 is 0 Å². The number of benzene rings is 2. The quantitative estimate of drug-likeness (QED) is 0.757. The Hall–Kier alpha value is -2.82. The van der Waals surface area contributed by atoms with E-state index in [0.29, 0.717) is 6.54 Å². The molecular formula is C19H21N3O2. The zero-order valence-corrected chi connectivity index (χ0v) is 13.6. The summed E-state index contributed by atoms with van der Waals surface area (Å²) in [7, 11) is 0. The number of hydrogen-bond acceptors (Lipinski definition) is 2. The summed E-state index contributed by atoms with van der Waals surface area (Å²) >= 11 is 0. The standard InChI is InChI=1S/C19H21N3O2/c1-13-7-8-16(14-5-3-2-4-6-14)11-17(13)12-20-19(24)22-21-18(23)15-9-10-15/h2-8,11,15H,9-10,12H2,1H3,(H,21,23)(H2,20,22,24). The second kappa shape index (κ2) is 7.17. The minimum atomic E-state index is -0.409. The van der Waals surface area contributed by atoms with Gasteiger partial charge in [-0.3, -0.25) is 10.2 Å². The average Bonchev–Trinajstić information content (AvgIpc) is 3.45. The van der Waals surface area contributed by atoms with Crippen molar-refractivity contribution >= 4 is 11.9 Å². The molecule has 5 nitrogen and oxygen atoms in total. The molecule has 5 heteroatoms. The summed E-state index contributed by atoms with van der Waals surface area (Å²) in [6.45, 7) is 2.41. The first-order valence-corrected chi connectivity index (χ1v) is 8.12. The largest absolute Gasteiger partial charge is 0.333 e. The van der Waals surface area contributed by atoms with Crippen molar-refractivity contribution in [1.82, 2.24) is 16.2 Å². The second-order valence-corrected chi connectivity index (χ2v) is 6.08. The highest BCUT2D eigenvalue weighted by atomic mass is 16.2. The van der Waals surface area contributed by atoms with Crippen LogP contribution in [-0.2, 0) is 11.3 Å². The number of carbonyl (C=O) groups is 2. The first-order valence-electron chi connectivity index (χ1n) is 8.12. The SMILES string of the molecule is Cc1ccc(-c2ccccc2)cc1CNC(=O)NNC(=O)C1CC1. The van der Waals surface area contributed by atoms with Gasteiger partial charge in [0.25, 0.3) is 0 Å². The van der Waals surface area contributed by atoms with Gasteiger partial charge in [0, 0.05) is 12.5 Å². The van der Waals surface area contributed by atoms with E-state index in [2.05, 4.69) is 40.4 Å². The lowest BCUT2D eigenvalue weighted by molar-refractivity contribution is -0.123. The molecule has 1 aliphatic rings. The number of amides is 3. The van der Waals surface area contributed by atoms with E-state index in [9.17, 15) is 9.59 Å². The molecule has 1 saturated carbocycles. The third kappa shape index (κ3) is 4.13. The van der Waals surface area contributed by atoms with Gasteiger partial charge in [-0.1, -0.05) is 42.5 Å². The van der Waals surface area contributed by atoms with Crippen molar-refractivity contribution in [3.8, 4) is 11.1 Å². The van der Waals surface area contributed by atoms with E-state index in [-0.39, 0.29) is 11.8 Å². The van der Waals surface area contributed by atoms with Gasteiger partial charge < -0.3 is 5.32 Å². The lowest BCUT2D eigenvalue weighted by Crippen LogP contribution is -2.47. The fraction of sp³-hybridized carbons (Fsp3) is 0.263. The van der Waals surface area contributed by atoms with Gasteiger partial charge in [0.05, 0.1) is 0 Å². The molecule has 0 spiro atoms. The number of carbonyl (C=O) groups excluding carboxylic acids is 2. The summed E-state index contributed by atoms with van der Waals surface area (Å²) < 4.78 is 0. The third-order valence-electron chi connectivity index (χ3n) is 4.14. The Morgan fingerprint density at radius 3 is 2.46 bits per heavy atom. The first kappa shape index (κ1) is 16.1. The Labute approximate surface area is 141 Å². The average molecular weight is 323 g/mol. The van der Waals surface area contributed by atoms with Crippen LogP contribution < -0.4 is 16.2 Å². The summed E-state index contributed by atoms with van der Waals surface area (Å²) in [6.07, 6.45) is 1.81. The molecule has 0 aliphatic heterocycles. The summed E-state index contributed by atoms with van der Waals surface area (Å²) in [6, 6.07) is 15.9. The van der Waals surface area contributed by atoms with Crippen LogP contribution in [0.15, 0.2) is 48.5 Å². The van der Waals surface area contributed by atoms with Crippen LogP contribution in [0, 0.1) is 12.8 Å². The van der Waals surface area contributed by atoms with Gasteiger partial charge in [0.15, 0.2) is 0 Å². The molecule has 0 unspecified atom stereocenters. The Kier molecular flexibility index (Phi) is 4.79. The van der Waals surface area contributed by atoms with Gasteiger partial charge >= 0.3 is 6.03 Å². The van der Waals surface area contributed by atoms with E-state index in [1.807, 2.05) is 31.2 Å². The van der Waals surface area contributed by atoms with Crippen LogP contribution in [0.2, 0.25) is 0 Å². The molecule has 0 saturated heterocycles. The third-order valence-corrected chi connectivity index (χ3v) is 4.14. The molecule has 0 radical (unpaired) electrons. The van der Waals surface area contributed by atoms with Gasteiger partial charge in [-0.15, -0.1) is 0 Å². The van der Waals surface area contributed by atoms with Crippen LogP contribution in [-0.4, -0.2) is 11.9 Å². The summed E-state index contributed by atoms with van der Waals surface area (Å²) in [4.78, 5) is 23.3. The van der Waals surface area contributed by atoms with Crippen LogP contribution in [0.3, 0.4) is 0 Å². The predicted molar refractivity (Wildman–Crippen MR) is 92.9 cm³/mol. The lowest BCUT2D eigenvalue weighted by Gasteiger charge is -2.12. The Bertz CT molecular complexity index is 740. The topological polar surface area (TPSA) is 70.2 Å². The monoisotopic (exact) mass is 323 g/mol. The van der Waals surface area contributed by atoms with Crippen molar-refractivity contribution in [2.75, 3.05) is 0 Å². The van der Waals surface area contributed by atoms with Crippen LogP contribution >= 0.6 is 0 Å². The van der Waals surface area contributed by atoms with Gasteiger partial charge in [0.2, 0.25) is 5.91 Å². The molecule has 3 amide bonds. The van der Waals surface area contributed by atoms with Crippen LogP contribution in [0.25, 0.3) is 11.1 Å². The first-order chi connectivity index (χ1) is 11.6. The molecule has 2 aromatic rings. The van der Waals surface area contributed by atoms with E-state index in [0.717, 1.165) is 35.1 Å². The van der Waals surface area contributed by atoms with Crippen LogP contribution in [0.5, 0.6) is 0 Å². The lowest BCUT2D eigenvalue weighted by atomic mass is 10.00. The van der Waals surface area contributed by atoms with Gasteiger partial charge in [-0.05, 0) is 48.1 Å². The number of nitrogens with one attached hydrogen (secondary N) is 3. The van der Waals surface area contributed by atoms with Gasteiger partial charge in [-0.2, -0.15) is 0 Å². The Balaban J connectivity index is 1.58. The number of rotatable bonds is 4. The second-order valence-electron chi connectivity index (χ2n) is 6.08. The molecule has 1 aliphatic carbocycles. The normalized spacial score (nSPS) is 13.2. The van der Waals surface area contributed by atoms with E-state index in [1.54, 1.807) is 0 Å². The summed E-state index contributed by atoms with van der Waals surface area (Å²) in [5.41, 5.74) is 9.22. The molecule has 0 aromatic heterocycles. The highest BCUT2D eigenvalue weighted by molar-refractivity contribution is 5.84. The fourth-order valence-electron chi connectivity index (χ4n) is 2.46. The van der Waals surface area contributed by atoms with E-state index < -0.39 is 6.03 Å². The fourth-order valence-corrected chi connectivity index (χ4v) is 2.46. The van der Waals surface area contributed by atoms with Crippen molar-refractivity contribution in [3.63, 3.8) is 0 Å². The maximum absolute atomic E-state index is 11.8. The summed E-state index contributed by atoms with van der Waals surface area (Å²) in [5, 5.41) is 2.77. The molecule has 3 N–H and O–H groups in total. The summed E-state index contributed by atoms with van der Waals surface area (Å²) in [5.74, 6) is -0.0532. The molecule has 24 heavy (non-hydrogen) atoms. The molecule has 3 rings (SSSR count). The Morgan fingerprint density at radius 1 is 1.00 bits per heavy atom. The van der Waals surface area contributed by atoms with Crippen molar-refractivity contribution in [2.45, 2.75) is 26.3 Å². The van der Waals surface area contributed by atoms with Crippen molar-refractivity contribution in [1.29, 1.82) is 0 Å². The number of hydrogen-bond donors (Lipinski definition) is 3. The molecule has 0 atom stereocenters. The minimum Gasteiger partial charge on any atom is -0.333 e. The maximum Gasteiger partial charge on any atom is 0.333 e. The number of urea groups is 1. The van der Waals surface area contributed by atoms with Crippen LogP contribution in [0.1, 0.15) is 24.0 Å². The van der Waals surface area contributed by atoms with Gasteiger partial charge in [-0.25, -0.2) is 10.2 Å². The van der Waals surface area contributed by atoms with Gasteiger partial charge in [0.1, 0.15) is 0 Å². The molecule has 0 heterocycles. The minimum absolute atomic E-state index is 0.0649. The Morgan fingerprint density at radius 2 is 1.75 bits per heavy atom. The smallest absolute Gasteiger partial charge is 0.333 e. The highest BCUT2D eigenvalue weighted by Crippen LogP contribution is 2.28. The maximum atomic E-state index is 11.8. The zero-order chi connectivity index (χ0) is 16.9. The highest BCUT2D eigenvalue weighted by Gasteiger charge is 2.29. The number of hydrazine groups is 1. The molecule has 2 aromatic carbocycles. The number of aryl methyl sites for hydroxylation is 1. The van der Waals surface area contributed by atoms with Crippen LogP contribution in [0.4, 0.5) is 4.79 Å². The molecular weight excluding hydrogens is 302 g/mol. The van der Waals surface area contributed by atoms with E-state index in [1.165, 1.54) is 0 Å². The molecule has 0 bridgehead atoms.